The van der Waals surface area contributed by atoms with Crippen LogP contribution in [-0.2, 0) is 9.53 Å². The van der Waals surface area contributed by atoms with Gasteiger partial charge < -0.3 is 20.3 Å². The van der Waals surface area contributed by atoms with E-state index in [0.29, 0.717) is 19.4 Å². The fourth-order valence-electron chi connectivity index (χ4n) is 2.00. The van der Waals surface area contributed by atoms with Gasteiger partial charge in [0, 0.05) is 24.6 Å². The number of aliphatic hydroxyl groups excluding tert-OH is 2. The average molecular weight is 272 g/mol. The Bertz CT molecular complexity index is 345. The number of amides is 3. The van der Waals surface area contributed by atoms with Crippen LogP contribution >= 0.6 is 0 Å². The number of hydrogen-bond acceptors (Lipinski definition) is 5. The van der Waals surface area contributed by atoms with E-state index in [1.54, 1.807) is 6.92 Å². The Balaban J connectivity index is 2.30. The first-order valence-electron chi connectivity index (χ1n) is 6.25. The lowest BCUT2D eigenvalue weighted by molar-refractivity contribution is -0.115. The minimum absolute atomic E-state index is 0.114. The van der Waals surface area contributed by atoms with Crippen LogP contribution in [0.2, 0.25) is 0 Å². The minimum atomic E-state index is -0.623. The van der Waals surface area contributed by atoms with E-state index < -0.39 is 18.0 Å². The Hall–Kier alpha value is -1.60. The number of urea groups is 1. The van der Waals surface area contributed by atoms with Crippen LogP contribution in [0.15, 0.2) is 12.3 Å². The van der Waals surface area contributed by atoms with Gasteiger partial charge in [0.15, 0.2) is 0 Å². The van der Waals surface area contributed by atoms with Crippen molar-refractivity contribution in [1.29, 1.82) is 0 Å². The monoisotopic (exact) mass is 272 g/mol. The van der Waals surface area contributed by atoms with Gasteiger partial charge in [-0.1, -0.05) is 0 Å². The fraction of sp³-hybridized carbons (Fsp3) is 0.667. The third kappa shape index (κ3) is 5.27. The maximum Gasteiger partial charge on any atom is 0.321 e. The molecule has 7 nitrogen and oxygen atoms in total. The normalized spacial score (nSPS) is 26.4. The smallest absolute Gasteiger partial charge is 0.321 e. The quantitative estimate of drug-likeness (QED) is 0.398. The predicted octanol–water partition coefficient (Wildman–Crippen LogP) is -0.506. The van der Waals surface area contributed by atoms with E-state index in [0.717, 1.165) is 6.08 Å². The van der Waals surface area contributed by atoms with Crippen molar-refractivity contribution >= 4 is 11.9 Å². The highest BCUT2D eigenvalue weighted by Gasteiger charge is 2.33. The molecule has 0 aromatic heterocycles. The zero-order chi connectivity index (χ0) is 14.3. The second-order valence-corrected chi connectivity index (χ2v) is 4.40. The predicted molar refractivity (Wildman–Crippen MR) is 67.0 cm³/mol. The SMILES string of the molecule is CCO/C=C/C(=O)NC(=O)NC1CC(O)C(CO)C1. The molecule has 19 heavy (non-hydrogen) atoms. The number of hydrogen-bond donors (Lipinski definition) is 4. The summed E-state index contributed by atoms with van der Waals surface area (Å²) in [5.41, 5.74) is 0. The molecule has 0 aromatic rings. The van der Waals surface area contributed by atoms with Gasteiger partial charge in [-0.2, -0.15) is 0 Å². The van der Waals surface area contributed by atoms with Crippen molar-refractivity contribution in [2.45, 2.75) is 31.9 Å². The van der Waals surface area contributed by atoms with Gasteiger partial charge in [-0.15, -0.1) is 0 Å². The largest absolute Gasteiger partial charge is 0.501 e. The Kier molecular flexibility index (Phi) is 6.31. The van der Waals surface area contributed by atoms with Gasteiger partial charge >= 0.3 is 6.03 Å². The molecule has 0 spiro atoms. The molecule has 1 rings (SSSR count). The van der Waals surface area contributed by atoms with Gasteiger partial charge in [-0.3, -0.25) is 10.1 Å². The molecule has 0 aliphatic heterocycles. The van der Waals surface area contributed by atoms with Crippen molar-refractivity contribution in [1.82, 2.24) is 10.6 Å². The van der Waals surface area contributed by atoms with E-state index in [1.165, 1.54) is 6.26 Å². The molecule has 1 aliphatic carbocycles. The van der Waals surface area contributed by atoms with Gasteiger partial charge in [0.1, 0.15) is 0 Å². The summed E-state index contributed by atoms with van der Waals surface area (Å²) in [4.78, 5) is 22.7. The molecule has 7 heteroatoms. The molecular formula is C12H20N2O5. The summed E-state index contributed by atoms with van der Waals surface area (Å²) >= 11 is 0. The molecule has 0 bridgehead atoms. The van der Waals surface area contributed by atoms with Crippen molar-refractivity contribution in [3.8, 4) is 0 Å². The van der Waals surface area contributed by atoms with Crippen LogP contribution in [0.5, 0.6) is 0 Å². The molecule has 3 atom stereocenters. The summed E-state index contributed by atoms with van der Waals surface area (Å²) in [7, 11) is 0. The second kappa shape index (κ2) is 7.75. The van der Waals surface area contributed by atoms with E-state index in [2.05, 4.69) is 10.6 Å². The van der Waals surface area contributed by atoms with E-state index in [1.807, 2.05) is 0 Å². The molecule has 1 saturated carbocycles. The van der Waals surface area contributed by atoms with E-state index in [4.69, 9.17) is 9.84 Å². The number of aliphatic hydroxyl groups is 2. The second-order valence-electron chi connectivity index (χ2n) is 4.40. The molecule has 0 heterocycles. The highest BCUT2D eigenvalue weighted by molar-refractivity contribution is 6.00. The summed E-state index contributed by atoms with van der Waals surface area (Å²) in [6.45, 7) is 2.10. The molecule has 0 radical (unpaired) electrons. The van der Waals surface area contributed by atoms with Crippen LogP contribution in [0.3, 0.4) is 0 Å². The molecule has 3 unspecified atom stereocenters. The third-order valence-corrected chi connectivity index (χ3v) is 2.95. The fourth-order valence-corrected chi connectivity index (χ4v) is 2.00. The lowest BCUT2D eigenvalue weighted by atomic mass is 10.1. The summed E-state index contributed by atoms with van der Waals surface area (Å²) < 4.78 is 4.83. The first-order valence-corrected chi connectivity index (χ1v) is 6.25. The molecule has 108 valence electrons. The minimum Gasteiger partial charge on any atom is -0.501 e. The maximum atomic E-state index is 11.5. The number of imide groups is 1. The van der Waals surface area contributed by atoms with Gasteiger partial charge in [0.05, 0.1) is 19.0 Å². The van der Waals surface area contributed by atoms with Crippen LogP contribution in [0, 0.1) is 5.92 Å². The molecule has 1 fully saturated rings. The Morgan fingerprint density at radius 3 is 2.74 bits per heavy atom. The standard InChI is InChI=1S/C12H20N2O5/c1-2-19-4-3-11(17)14-12(18)13-9-5-8(7-15)10(16)6-9/h3-4,8-10,15-16H,2,5-7H2,1H3,(H2,13,14,17,18)/b4-3+. The zero-order valence-electron chi connectivity index (χ0n) is 10.8. The lowest BCUT2D eigenvalue weighted by Crippen LogP contribution is -2.43. The van der Waals surface area contributed by atoms with Crippen molar-refractivity contribution in [3.05, 3.63) is 12.3 Å². The number of nitrogens with one attached hydrogen (secondary N) is 2. The number of ether oxygens (including phenoxy) is 1. The summed E-state index contributed by atoms with van der Waals surface area (Å²) in [6, 6.07) is -0.863. The number of rotatable bonds is 5. The van der Waals surface area contributed by atoms with Gasteiger partial charge in [0.2, 0.25) is 0 Å². The summed E-state index contributed by atoms with van der Waals surface area (Å²) in [5.74, 6) is -0.804. The van der Waals surface area contributed by atoms with Crippen LogP contribution < -0.4 is 10.6 Å². The maximum absolute atomic E-state index is 11.5. The van der Waals surface area contributed by atoms with Crippen LogP contribution in [0.4, 0.5) is 4.79 Å². The van der Waals surface area contributed by atoms with E-state index in [-0.39, 0.29) is 18.6 Å². The molecule has 0 aromatic carbocycles. The zero-order valence-corrected chi connectivity index (χ0v) is 10.8. The van der Waals surface area contributed by atoms with Crippen molar-refractivity contribution in [2.75, 3.05) is 13.2 Å². The molecular weight excluding hydrogens is 252 g/mol. The number of carbonyl (C=O) groups excluding carboxylic acids is 2. The average Bonchev–Trinajstić information content (AvgIpc) is 2.69. The van der Waals surface area contributed by atoms with Crippen molar-refractivity contribution in [2.24, 2.45) is 5.92 Å². The summed E-state index contributed by atoms with van der Waals surface area (Å²) in [5, 5.41) is 23.3. The number of carbonyl (C=O) groups is 2. The van der Waals surface area contributed by atoms with E-state index >= 15 is 0 Å². The van der Waals surface area contributed by atoms with Gasteiger partial charge in [0.25, 0.3) is 5.91 Å². The lowest BCUT2D eigenvalue weighted by Gasteiger charge is -2.11. The molecule has 4 N–H and O–H groups in total. The Morgan fingerprint density at radius 2 is 2.16 bits per heavy atom. The van der Waals surface area contributed by atoms with Crippen molar-refractivity contribution in [3.63, 3.8) is 0 Å². The molecule has 0 saturated heterocycles. The van der Waals surface area contributed by atoms with Crippen LogP contribution in [0.25, 0.3) is 0 Å². The molecule has 1 aliphatic rings. The highest BCUT2D eigenvalue weighted by Crippen LogP contribution is 2.25. The van der Waals surface area contributed by atoms with Crippen molar-refractivity contribution < 1.29 is 24.5 Å². The Morgan fingerprint density at radius 1 is 1.42 bits per heavy atom. The first kappa shape index (κ1) is 15.5. The topological polar surface area (TPSA) is 108 Å². The third-order valence-electron chi connectivity index (χ3n) is 2.95. The first-order chi connectivity index (χ1) is 9.06. The Labute approximate surface area is 111 Å². The van der Waals surface area contributed by atoms with Gasteiger partial charge in [-0.05, 0) is 19.8 Å². The molecule has 3 amide bonds. The highest BCUT2D eigenvalue weighted by atomic mass is 16.5. The van der Waals surface area contributed by atoms with Gasteiger partial charge in [-0.25, -0.2) is 4.79 Å². The van der Waals surface area contributed by atoms with Crippen LogP contribution in [-0.4, -0.2) is 47.5 Å². The van der Waals surface area contributed by atoms with Crippen LogP contribution in [0.1, 0.15) is 19.8 Å². The summed E-state index contributed by atoms with van der Waals surface area (Å²) in [6.07, 6.45) is 2.58. The van der Waals surface area contributed by atoms with E-state index in [9.17, 15) is 14.7 Å².